The van der Waals surface area contributed by atoms with E-state index in [4.69, 9.17) is 15.0 Å². The van der Waals surface area contributed by atoms with Crippen molar-refractivity contribution < 1.29 is 24.2 Å². The zero-order valence-corrected chi connectivity index (χ0v) is 9.82. The lowest BCUT2D eigenvalue weighted by molar-refractivity contribution is -0.134. The van der Waals surface area contributed by atoms with Crippen LogP contribution in [-0.2, 0) is 4.79 Å². The molecule has 0 amide bonds. The molecule has 0 radical (unpaired) electrons. The van der Waals surface area contributed by atoms with Crippen molar-refractivity contribution >= 4 is 12.3 Å². The van der Waals surface area contributed by atoms with Gasteiger partial charge in [0.25, 0.3) is 5.97 Å². The zero-order chi connectivity index (χ0) is 13.8. The number of carbonyl (C=O) groups excluding carboxylic acids is 1. The van der Waals surface area contributed by atoms with Gasteiger partial charge in [-0.15, -0.1) is 0 Å². The van der Waals surface area contributed by atoms with E-state index in [1.807, 2.05) is 6.07 Å². The second-order valence-corrected chi connectivity index (χ2v) is 2.99. The zero-order valence-electron chi connectivity index (χ0n) is 9.82. The summed E-state index contributed by atoms with van der Waals surface area (Å²) in [7, 11) is 0. The van der Waals surface area contributed by atoms with Crippen LogP contribution >= 0.6 is 0 Å². The van der Waals surface area contributed by atoms with E-state index >= 15 is 0 Å². The molecular weight excluding hydrogens is 236 g/mol. The van der Waals surface area contributed by atoms with Gasteiger partial charge in [-0.2, -0.15) is 0 Å². The number of phenolic OH excluding ortho intramolecular Hbond substituents is 1. The van der Waals surface area contributed by atoms with Crippen LogP contribution in [0.4, 0.5) is 0 Å². The molecule has 0 spiro atoms. The molecule has 0 unspecified atom stereocenters. The molecule has 1 aromatic carbocycles. The van der Waals surface area contributed by atoms with Gasteiger partial charge < -0.3 is 14.6 Å². The Kier molecular flexibility index (Phi) is 8.28. The highest BCUT2D eigenvalue weighted by molar-refractivity contribution is 5.69. The highest BCUT2D eigenvalue weighted by atomic mass is 16.4. The van der Waals surface area contributed by atoms with Crippen LogP contribution < -0.4 is 0 Å². The lowest BCUT2D eigenvalue weighted by atomic mass is 10.3. The number of aromatic hydroxyl groups is 1. The SMILES string of the molecule is CC(=O)O.O=Cc1ccco1.Oc1ccccc1. The van der Waals surface area contributed by atoms with Gasteiger partial charge in [0.1, 0.15) is 5.75 Å². The molecule has 0 fully saturated rings. The van der Waals surface area contributed by atoms with Crippen molar-refractivity contribution in [2.45, 2.75) is 6.92 Å². The number of aldehydes is 1. The molecule has 0 saturated carbocycles. The number of hydrogen-bond acceptors (Lipinski definition) is 4. The molecule has 2 rings (SSSR count). The van der Waals surface area contributed by atoms with Crippen LogP contribution in [0.15, 0.2) is 53.1 Å². The molecule has 2 aromatic rings. The quantitative estimate of drug-likeness (QED) is 0.759. The summed E-state index contributed by atoms with van der Waals surface area (Å²) < 4.78 is 4.61. The Hall–Kier alpha value is -2.56. The fourth-order valence-corrected chi connectivity index (χ4v) is 0.786. The maximum absolute atomic E-state index is 9.77. The van der Waals surface area contributed by atoms with E-state index in [2.05, 4.69) is 4.42 Å². The van der Waals surface area contributed by atoms with E-state index in [0.29, 0.717) is 17.8 Å². The van der Waals surface area contributed by atoms with Crippen molar-refractivity contribution in [1.29, 1.82) is 0 Å². The minimum atomic E-state index is -0.833. The summed E-state index contributed by atoms with van der Waals surface area (Å²) in [6, 6.07) is 12.0. The van der Waals surface area contributed by atoms with Crippen LogP contribution in [0.25, 0.3) is 0 Å². The first-order valence-corrected chi connectivity index (χ1v) is 4.98. The number of furan rings is 1. The number of para-hydroxylation sites is 1. The van der Waals surface area contributed by atoms with Crippen molar-refractivity contribution in [3.05, 3.63) is 54.5 Å². The van der Waals surface area contributed by atoms with E-state index in [9.17, 15) is 4.79 Å². The van der Waals surface area contributed by atoms with Crippen LogP contribution in [0.1, 0.15) is 17.5 Å². The highest BCUT2D eigenvalue weighted by Crippen LogP contribution is 2.02. The number of benzene rings is 1. The maximum atomic E-state index is 9.77. The topological polar surface area (TPSA) is 87.7 Å². The number of carboxylic acid groups (broad SMARTS) is 1. The summed E-state index contributed by atoms with van der Waals surface area (Å²) in [4.78, 5) is 18.8. The van der Waals surface area contributed by atoms with Gasteiger partial charge in [0, 0.05) is 6.92 Å². The Morgan fingerprint density at radius 1 is 1.17 bits per heavy atom. The summed E-state index contributed by atoms with van der Waals surface area (Å²) in [5.74, 6) is -0.137. The molecule has 5 nitrogen and oxygen atoms in total. The van der Waals surface area contributed by atoms with E-state index < -0.39 is 5.97 Å². The van der Waals surface area contributed by atoms with E-state index in [1.165, 1.54) is 6.26 Å². The van der Waals surface area contributed by atoms with Gasteiger partial charge in [-0.1, -0.05) is 18.2 Å². The van der Waals surface area contributed by atoms with Crippen LogP contribution in [0, 0.1) is 0 Å². The van der Waals surface area contributed by atoms with Gasteiger partial charge in [0.15, 0.2) is 12.0 Å². The third-order valence-electron chi connectivity index (χ3n) is 1.42. The molecule has 5 heteroatoms. The fourth-order valence-electron chi connectivity index (χ4n) is 0.786. The predicted octanol–water partition coefficient (Wildman–Crippen LogP) is 2.58. The molecule has 18 heavy (non-hydrogen) atoms. The first kappa shape index (κ1) is 15.4. The molecular formula is C13H14O5. The van der Waals surface area contributed by atoms with Gasteiger partial charge in [-0.05, 0) is 24.3 Å². The van der Waals surface area contributed by atoms with E-state index in [0.717, 1.165) is 6.92 Å². The van der Waals surface area contributed by atoms with Crippen LogP contribution in [0.3, 0.4) is 0 Å². The minimum absolute atomic E-state index is 0.322. The minimum Gasteiger partial charge on any atom is -0.508 e. The molecule has 2 N–H and O–H groups in total. The van der Waals surface area contributed by atoms with Gasteiger partial charge >= 0.3 is 0 Å². The monoisotopic (exact) mass is 250 g/mol. The van der Waals surface area contributed by atoms with E-state index in [1.54, 1.807) is 36.4 Å². The smallest absolute Gasteiger partial charge is 0.300 e. The average molecular weight is 250 g/mol. The number of aliphatic carboxylic acids is 1. The largest absolute Gasteiger partial charge is 0.508 e. The fraction of sp³-hybridized carbons (Fsp3) is 0.0769. The number of rotatable bonds is 1. The Labute approximate surface area is 104 Å². The van der Waals surface area contributed by atoms with Crippen LogP contribution in [-0.4, -0.2) is 22.5 Å². The van der Waals surface area contributed by atoms with Gasteiger partial charge in [0.2, 0.25) is 0 Å². The average Bonchev–Trinajstić information content (AvgIpc) is 2.83. The van der Waals surface area contributed by atoms with Crippen molar-refractivity contribution in [1.82, 2.24) is 0 Å². The molecule has 1 heterocycles. The molecule has 0 aliphatic heterocycles. The number of hydrogen-bond donors (Lipinski definition) is 2. The first-order chi connectivity index (χ1) is 8.56. The predicted molar refractivity (Wildman–Crippen MR) is 65.5 cm³/mol. The normalized spacial score (nSPS) is 8.06. The molecule has 0 atom stereocenters. The second kappa shape index (κ2) is 9.65. The van der Waals surface area contributed by atoms with Crippen LogP contribution in [0.2, 0.25) is 0 Å². The van der Waals surface area contributed by atoms with Crippen molar-refractivity contribution in [2.24, 2.45) is 0 Å². The van der Waals surface area contributed by atoms with Crippen LogP contribution in [0.5, 0.6) is 5.75 Å². The third-order valence-corrected chi connectivity index (χ3v) is 1.42. The lowest BCUT2D eigenvalue weighted by Gasteiger charge is -1.82. The summed E-state index contributed by atoms with van der Waals surface area (Å²) in [6.45, 7) is 1.08. The summed E-state index contributed by atoms with van der Waals surface area (Å²) >= 11 is 0. The Morgan fingerprint density at radius 3 is 1.94 bits per heavy atom. The summed E-state index contributed by atoms with van der Waals surface area (Å²) in [6.07, 6.45) is 2.13. The molecule has 0 aliphatic rings. The number of carboxylic acids is 1. The molecule has 0 bridgehead atoms. The Balaban J connectivity index is 0.000000253. The summed E-state index contributed by atoms with van der Waals surface area (Å²) in [5.41, 5.74) is 0. The molecule has 0 saturated heterocycles. The second-order valence-electron chi connectivity index (χ2n) is 2.99. The van der Waals surface area contributed by atoms with Crippen molar-refractivity contribution in [3.63, 3.8) is 0 Å². The standard InChI is InChI=1S/C6H6O.C5H4O2.C2H4O2/c7-6-4-2-1-3-5-6;6-4-5-2-1-3-7-5;1-2(3)4/h1-5,7H;1-4H;1H3,(H,3,4). The lowest BCUT2D eigenvalue weighted by Crippen LogP contribution is -1.78. The maximum Gasteiger partial charge on any atom is 0.300 e. The molecule has 0 aliphatic carbocycles. The van der Waals surface area contributed by atoms with Gasteiger partial charge in [0.05, 0.1) is 6.26 Å². The summed E-state index contributed by atoms with van der Waals surface area (Å²) in [5, 5.41) is 16.0. The first-order valence-electron chi connectivity index (χ1n) is 4.98. The Morgan fingerprint density at radius 2 is 1.72 bits per heavy atom. The Bertz CT molecular complexity index is 430. The van der Waals surface area contributed by atoms with Crippen molar-refractivity contribution in [3.8, 4) is 5.75 Å². The van der Waals surface area contributed by atoms with E-state index in [-0.39, 0.29) is 0 Å². The molecule has 1 aromatic heterocycles. The highest BCUT2D eigenvalue weighted by Gasteiger charge is 1.84. The van der Waals surface area contributed by atoms with Crippen molar-refractivity contribution in [2.75, 3.05) is 0 Å². The number of phenols is 1. The van der Waals surface area contributed by atoms with Gasteiger partial charge in [-0.25, -0.2) is 0 Å². The molecule has 96 valence electrons. The third kappa shape index (κ3) is 9.97. The van der Waals surface area contributed by atoms with Gasteiger partial charge in [-0.3, -0.25) is 9.59 Å². The number of carbonyl (C=O) groups is 2.